The Morgan fingerprint density at radius 1 is 1.07 bits per heavy atom. The molecule has 0 saturated heterocycles. The minimum Gasteiger partial charge on any atom is -0.492 e. The fourth-order valence-electron chi connectivity index (χ4n) is 2.73. The van der Waals surface area contributed by atoms with E-state index in [1.165, 1.54) is 0 Å². The Balaban J connectivity index is 1.79. The van der Waals surface area contributed by atoms with E-state index in [0.29, 0.717) is 39.3 Å². The van der Waals surface area contributed by atoms with Crippen LogP contribution in [0, 0.1) is 5.92 Å². The van der Waals surface area contributed by atoms with Crippen molar-refractivity contribution in [2.75, 3.05) is 17.2 Å². The summed E-state index contributed by atoms with van der Waals surface area (Å²) in [5.74, 6) is 0.212. The van der Waals surface area contributed by atoms with E-state index in [-0.39, 0.29) is 17.7 Å². The predicted molar refractivity (Wildman–Crippen MR) is 108 cm³/mol. The molecule has 5 nitrogen and oxygen atoms in total. The molecule has 3 rings (SSSR count). The van der Waals surface area contributed by atoms with Gasteiger partial charge >= 0.3 is 0 Å². The molecular formula is C20H20Cl2N2O3. The highest BCUT2D eigenvalue weighted by atomic mass is 35.5. The molecule has 0 aliphatic heterocycles. The van der Waals surface area contributed by atoms with Gasteiger partial charge < -0.3 is 15.4 Å². The number of amides is 2. The van der Waals surface area contributed by atoms with Gasteiger partial charge in [-0.25, -0.2) is 0 Å². The third-order valence-corrected chi connectivity index (χ3v) is 5.19. The third-order valence-electron chi connectivity index (χ3n) is 4.45. The van der Waals surface area contributed by atoms with Gasteiger partial charge in [0.15, 0.2) is 0 Å². The van der Waals surface area contributed by atoms with Crippen LogP contribution in [0.25, 0.3) is 0 Å². The quantitative estimate of drug-likeness (QED) is 0.675. The number of hydrogen-bond acceptors (Lipinski definition) is 3. The maximum atomic E-state index is 12.6. The molecule has 2 aromatic rings. The lowest BCUT2D eigenvalue weighted by Crippen LogP contribution is -2.28. The lowest BCUT2D eigenvalue weighted by molar-refractivity contribution is -0.122. The average Bonchev–Trinajstić information content (AvgIpc) is 2.58. The van der Waals surface area contributed by atoms with Crippen molar-refractivity contribution in [3.05, 3.63) is 52.0 Å². The molecule has 0 bridgehead atoms. The van der Waals surface area contributed by atoms with Crippen molar-refractivity contribution >= 4 is 46.4 Å². The van der Waals surface area contributed by atoms with Crippen LogP contribution in [0.15, 0.2) is 36.4 Å². The number of halogens is 2. The van der Waals surface area contributed by atoms with E-state index in [0.717, 1.165) is 19.3 Å². The van der Waals surface area contributed by atoms with Crippen LogP contribution in [-0.4, -0.2) is 18.4 Å². The minimum atomic E-state index is -0.324. The van der Waals surface area contributed by atoms with Gasteiger partial charge in [-0.2, -0.15) is 0 Å². The summed E-state index contributed by atoms with van der Waals surface area (Å²) in [6.07, 6.45) is 2.86. The Labute approximate surface area is 168 Å². The number of anilines is 2. The first kappa shape index (κ1) is 19.5. The van der Waals surface area contributed by atoms with Crippen LogP contribution in [0.1, 0.15) is 36.5 Å². The van der Waals surface area contributed by atoms with Gasteiger partial charge in [0.25, 0.3) is 5.91 Å². The number of carbonyl (C=O) groups excluding carboxylic acids is 2. The van der Waals surface area contributed by atoms with Crippen LogP contribution in [0.3, 0.4) is 0 Å². The molecule has 2 N–H and O–H groups in total. The van der Waals surface area contributed by atoms with Crippen LogP contribution in [-0.2, 0) is 4.79 Å². The molecule has 7 heteroatoms. The van der Waals surface area contributed by atoms with Crippen LogP contribution in [0.5, 0.6) is 5.75 Å². The molecule has 2 amide bonds. The zero-order valence-corrected chi connectivity index (χ0v) is 16.4. The summed E-state index contributed by atoms with van der Waals surface area (Å²) < 4.78 is 5.57. The summed E-state index contributed by atoms with van der Waals surface area (Å²) >= 11 is 11.9. The molecular weight excluding hydrogens is 387 g/mol. The molecule has 142 valence electrons. The lowest BCUT2D eigenvalue weighted by atomic mass is 9.85. The molecule has 1 aliphatic rings. The molecule has 0 atom stereocenters. The first-order valence-corrected chi connectivity index (χ1v) is 9.57. The highest BCUT2D eigenvalue weighted by Crippen LogP contribution is 2.31. The van der Waals surface area contributed by atoms with Crippen molar-refractivity contribution in [3.8, 4) is 5.75 Å². The van der Waals surface area contributed by atoms with Crippen molar-refractivity contribution in [2.45, 2.75) is 26.2 Å². The monoisotopic (exact) mass is 406 g/mol. The Hall–Kier alpha value is -2.24. The summed E-state index contributed by atoms with van der Waals surface area (Å²) in [6.45, 7) is 2.32. The van der Waals surface area contributed by atoms with Crippen LogP contribution in [0.2, 0.25) is 10.0 Å². The lowest BCUT2D eigenvalue weighted by Gasteiger charge is -2.24. The summed E-state index contributed by atoms with van der Waals surface area (Å²) in [4.78, 5) is 24.9. The van der Waals surface area contributed by atoms with E-state index < -0.39 is 0 Å². The summed E-state index contributed by atoms with van der Waals surface area (Å²) in [6, 6.07) is 9.81. The van der Waals surface area contributed by atoms with Gasteiger partial charge in [0.05, 0.1) is 22.3 Å². The number of benzene rings is 2. The fraction of sp³-hybridized carbons (Fsp3) is 0.300. The van der Waals surface area contributed by atoms with E-state index in [1.807, 2.05) is 6.92 Å². The second kappa shape index (κ2) is 8.63. The number of carbonyl (C=O) groups is 2. The molecule has 2 aromatic carbocycles. The maximum absolute atomic E-state index is 12.6. The van der Waals surface area contributed by atoms with Crippen LogP contribution < -0.4 is 15.4 Å². The third kappa shape index (κ3) is 4.73. The Bertz CT molecular complexity index is 866. The van der Waals surface area contributed by atoms with E-state index in [4.69, 9.17) is 27.9 Å². The van der Waals surface area contributed by atoms with E-state index in [9.17, 15) is 9.59 Å². The molecule has 0 heterocycles. The molecule has 1 aliphatic carbocycles. The van der Waals surface area contributed by atoms with Crippen molar-refractivity contribution in [1.29, 1.82) is 0 Å². The Morgan fingerprint density at radius 3 is 2.48 bits per heavy atom. The molecule has 27 heavy (non-hydrogen) atoms. The van der Waals surface area contributed by atoms with Gasteiger partial charge in [-0.15, -0.1) is 0 Å². The molecule has 0 spiro atoms. The van der Waals surface area contributed by atoms with Crippen molar-refractivity contribution < 1.29 is 14.3 Å². The topological polar surface area (TPSA) is 67.4 Å². The van der Waals surface area contributed by atoms with Gasteiger partial charge in [-0.3, -0.25) is 9.59 Å². The normalized spacial score (nSPS) is 13.6. The van der Waals surface area contributed by atoms with Crippen molar-refractivity contribution in [2.24, 2.45) is 5.92 Å². The summed E-state index contributed by atoms with van der Waals surface area (Å²) in [5, 5.41) is 6.43. The maximum Gasteiger partial charge on any atom is 0.255 e. The van der Waals surface area contributed by atoms with Gasteiger partial charge in [-0.05, 0) is 56.2 Å². The minimum absolute atomic E-state index is 0.0353. The summed E-state index contributed by atoms with van der Waals surface area (Å²) in [7, 11) is 0. The van der Waals surface area contributed by atoms with Crippen molar-refractivity contribution in [3.63, 3.8) is 0 Å². The van der Waals surface area contributed by atoms with Crippen LogP contribution in [0.4, 0.5) is 11.4 Å². The largest absolute Gasteiger partial charge is 0.492 e. The fourth-order valence-corrected chi connectivity index (χ4v) is 3.03. The van der Waals surface area contributed by atoms with E-state index in [1.54, 1.807) is 36.4 Å². The number of hydrogen-bond donors (Lipinski definition) is 2. The smallest absolute Gasteiger partial charge is 0.255 e. The second-order valence-corrected chi connectivity index (χ2v) is 7.16. The first-order chi connectivity index (χ1) is 13.0. The van der Waals surface area contributed by atoms with Gasteiger partial charge in [0.2, 0.25) is 5.91 Å². The van der Waals surface area contributed by atoms with E-state index in [2.05, 4.69) is 10.6 Å². The first-order valence-electron chi connectivity index (χ1n) is 8.82. The van der Waals surface area contributed by atoms with Gasteiger partial charge in [0.1, 0.15) is 5.75 Å². The predicted octanol–water partition coefficient (Wildman–Crippen LogP) is 5.38. The molecule has 1 fully saturated rings. The van der Waals surface area contributed by atoms with Gasteiger partial charge in [-0.1, -0.05) is 29.6 Å². The summed E-state index contributed by atoms with van der Waals surface area (Å²) in [5.41, 5.74) is 1.42. The molecule has 0 aromatic heterocycles. The highest BCUT2D eigenvalue weighted by Gasteiger charge is 2.26. The average molecular weight is 407 g/mol. The van der Waals surface area contributed by atoms with Gasteiger partial charge in [0, 0.05) is 17.2 Å². The zero-order chi connectivity index (χ0) is 19.4. The highest BCUT2D eigenvalue weighted by molar-refractivity contribution is 6.42. The SMILES string of the molecule is CCOc1ccc(C(=O)Nc2ccc(Cl)c(Cl)c2)cc1NC(=O)C1CCC1. The molecule has 0 radical (unpaired) electrons. The van der Waals surface area contributed by atoms with Crippen LogP contribution >= 0.6 is 23.2 Å². The number of ether oxygens (including phenoxy) is 1. The zero-order valence-electron chi connectivity index (χ0n) is 14.9. The standard InChI is InChI=1S/C20H20Cl2N2O3/c1-2-27-18-9-6-13(10-17(18)24-19(25)12-4-3-5-12)20(26)23-14-7-8-15(21)16(22)11-14/h6-12H,2-5H2,1H3,(H,23,26)(H,24,25). The Kier molecular flexibility index (Phi) is 6.24. The second-order valence-electron chi connectivity index (χ2n) is 6.34. The molecule has 0 unspecified atom stereocenters. The Morgan fingerprint density at radius 2 is 1.85 bits per heavy atom. The van der Waals surface area contributed by atoms with Crippen molar-refractivity contribution in [1.82, 2.24) is 0 Å². The van der Waals surface area contributed by atoms with E-state index >= 15 is 0 Å². The number of nitrogens with one attached hydrogen (secondary N) is 2. The number of rotatable bonds is 6. The molecule has 1 saturated carbocycles.